The number of nitrogens with zero attached hydrogens (tertiary/aromatic N) is 7. The van der Waals surface area contributed by atoms with E-state index in [2.05, 4.69) is 30.3 Å². The monoisotopic (exact) mass is 361 g/mol. The van der Waals surface area contributed by atoms with Crippen LogP contribution in [-0.2, 0) is 4.74 Å². The lowest BCUT2D eigenvalue weighted by atomic mass is 9.93. The summed E-state index contributed by atoms with van der Waals surface area (Å²) in [4.78, 5) is 15.6. The van der Waals surface area contributed by atoms with Gasteiger partial charge in [0.15, 0.2) is 23.2 Å². The molecule has 138 valence electrons. The third-order valence-corrected chi connectivity index (χ3v) is 4.80. The Kier molecular flexibility index (Phi) is 3.84. The number of rotatable bonds is 5. The molecule has 5 N–H and O–H groups in total. The van der Waals surface area contributed by atoms with Gasteiger partial charge < -0.3 is 26.0 Å². The Labute approximate surface area is 147 Å². The molecule has 0 unspecified atom stereocenters. The number of aliphatic hydroxyl groups excluding tert-OH is 2. The Balaban J connectivity index is 1.82. The van der Waals surface area contributed by atoms with Crippen LogP contribution in [-0.4, -0.2) is 60.1 Å². The van der Waals surface area contributed by atoms with E-state index in [4.69, 9.17) is 16.0 Å². The largest absolute Gasteiger partial charge is 0.394 e. The summed E-state index contributed by atoms with van der Waals surface area (Å²) >= 11 is 0. The van der Waals surface area contributed by atoms with Crippen LogP contribution in [0.15, 0.2) is 11.4 Å². The second-order valence-corrected chi connectivity index (χ2v) is 6.74. The van der Waals surface area contributed by atoms with Crippen LogP contribution < -0.4 is 11.1 Å². The Morgan fingerprint density at radius 2 is 2.31 bits per heavy atom. The van der Waals surface area contributed by atoms with Crippen molar-refractivity contribution in [2.45, 2.75) is 49.8 Å². The van der Waals surface area contributed by atoms with Gasteiger partial charge in [-0.25, -0.2) is 4.98 Å². The molecule has 0 amide bonds. The normalized spacial score (nSPS) is 31.1. The van der Waals surface area contributed by atoms with Crippen molar-refractivity contribution >= 4 is 22.9 Å². The van der Waals surface area contributed by atoms with Crippen molar-refractivity contribution in [3.8, 4) is 0 Å². The third-order valence-electron chi connectivity index (χ3n) is 4.80. The van der Waals surface area contributed by atoms with E-state index < -0.39 is 30.6 Å². The quantitative estimate of drug-likeness (QED) is 0.333. The number of aromatic nitrogens is 4. The lowest BCUT2D eigenvalue weighted by Crippen LogP contribution is -2.42. The van der Waals surface area contributed by atoms with Crippen LogP contribution in [0.1, 0.15) is 26.0 Å². The van der Waals surface area contributed by atoms with Gasteiger partial charge in [0, 0.05) is 11.0 Å². The average molecular weight is 361 g/mol. The zero-order valence-corrected chi connectivity index (χ0v) is 14.0. The van der Waals surface area contributed by atoms with Gasteiger partial charge in [-0.15, -0.1) is 0 Å². The Bertz CT molecular complexity index is 891. The van der Waals surface area contributed by atoms with Crippen LogP contribution in [0.4, 0.5) is 11.8 Å². The highest BCUT2D eigenvalue weighted by Crippen LogP contribution is 2.42. The van der Waals surface area contributed by atoms with E-state index >= 15 is 0 Å². The van der Waals surface area contributed by atoms with Gasteiger partial charge in [0.2, 0.25) is 5.95 Å². The van der Waals surface area contributed by atoms with Crippen molar-refractivity contribution in [3.63, 3.8) is 0 Å². The molecule has 3 heterocycles. The molecule has 4 atom stereocenters. The van der Waals surface area contributed by atoms with Crippen LogP contribution >= 0.6 is 0 Å². The van der Waals surface area contributed by atoms with Gasteiger partial charge in [0.25, 0.3) is 0 Å². The molecule has 1 aliphatic heterocycles. The van der Waals surface area contributed by atoms with Crippen molar-refractivity contribution in [2.75, 3.05) is 17.7 Å². The predicted molar refractivity (Wildman–Crippen MR) is 90.9 cm³/mol. The zero-order chi connectivity index (χ0) is 18.5. The van der Waals surface area contributed by atoms with E-state index in [1.165, 1.54) is 6.33 Å². The number of aliphatic hydroxyl groups is 2. The van der Waals surface area contributed by atoms with Crippen LogP contribution in [0.3, 0.4) is 0 Å². The third kappa shape index (κ3) is 2.51. The van der Waals surface area contributed by atoms with E-state index in [0.29, 0.717) is 23.0 Å². The molecule has 2 aliphatic rings. The number of imidazole rings is 1. The summed E-state index contributed by atoms with van der Waals surface area (Å²) in [7, 11) is 0. The van der Waals surface area contributed by atoms with E-state index in [1.807, 2.05) is 0 Å². The highest BCUT2D eigenvalue weighted by Gasteiger charge is 2.54. The summed E-state index contributed by atoms with van der Waals surface area (Å²) < 4.78 is 7.29. The summed E-state index contributed by atoms with van der Waals surface area (Å²) in [5.74, 6) is 0.585. The van der Waals surface area contributed by atoms with Gasteiger partial charge in [-0.05, 0) is 25.3 Å². The molecule has 2 fully saturated rings. The second kappa shape index (κ2) is 5.95. The van der Waals surface area contributed by atoms with Crippen LogP contribution in [0.5, 0.6) is 0 Å². The summed E-state index contributed by atoms with van der Waals surface area (Å²) in [6, 6.07) is 0.342. The first kappa shape index (κ1) is 16.8. The molecule has 2 aromatic heterocycles. The number of anilines is 2. The van der Waals surface area contributed by atoms with Gasteiger partial charge in [0.1, 0.15) is 11.6 Å². The molecule has 0 bridgehead atoms. The first-order chi connectivity index (χ1) is 12.5. The van der Waals surface area contributed by atoms with Crippen molar-refractivity contribution in [3.05, 3.63) is 16.8 Å². The fraction of sp³-hybridized carbons (Fsp3) is 0.643. The Hall–Kier alpha value is -2.66. The topological polar surface area (TPSA) is 180 Å². The van der Waals surface area contributed by atoms with Crippen molar-refractivity contribution in [1.82, 2.24) is 19.5 Å². The van der Waals surface area contributed by atoms with Crippen molar-refractivity contribution in [1.29, 1.82) is 0 Å². The molecule has 12 heteroatoms. The van der Waals surface area contributed by atoms with Gasteiger partial charge in [-0.1, -0.05) is 5.11 Å². The molecular weight excluding hydrogens is 342 g/mol. The van der Waals surface area contributed by atoms with Crippen molar-refractivity contribution in [2.24, 2.45) is 5.11 Å². The summed E-state index contributed by atoms with van der Waals surface area (Å²) in [6.07, 6.45) is 0.553. The number of nitrogens with two attached hydrogens (primary N) is 1. The summed E-state index contributed by atoms with van der Waals surface area (Å²) in [5, 5.41) is 26.9. The van der Waals surface area contributed by atoms with Crippen molar-refractivity contribution < 1.29 is 14.9 Å². The Morgan fingerprint density at radius 1 is 1.54 bits per heavy atom. The lowest BCUT2D eigenvalue weighted by Gasteiger charge is -2.27. The minimum atomic E-state index is -1.36. The van der Waals surface area contributed by atoms with Gasteiger partial charge in [-0.2, -0.15) is 9.97 Å². The van der Waals surface area contributed by atoms with E-state index in [9.17, 15) is 10.2 Å². The summed E-state index contributed by atoms with van der Waals surface area (Å²) in [5.41, 5.74) is 14.3. The maximum Gasteiger partial charge on any atom is 0.224 e. The average Bonchev–Trinajstić information content (AvgIpc) is 3.27. The number of nitrogens with one attached hydrogen (secondary N) is 1. The van der Waals surface area contributed by atoms with Gasteiger partial charge in [-0.3, -0.25) is 4.57 Å². The smallest absolute Gasteiger partial charge is 0.224 e. The molecule has 0 aromatic carbocycles. The Morgan fingerprint density at radius 3 is 2.96 bits per heavy atom. The van der Waals surface area contributed by atoms with E-state index in [-0.39, 0.29) is 5.95 Å². The first-order valence-corrected chi connectivity index (χ1v) is 8.25. The highest BCUT2D eigenvalue weighted by molar-refractivity contribution is 5.84. The molecule has 0 spiro atoms. The molecular formula is C14H19N9O3. The lowest BCUT2D eigenvalue weighted by molar-refractivity contribution is -0.0455. The standard InChI is InChI=1S/C14H19N9O3/c1-14(21-22-16)9(25)7(4-24)26-12(14)23-5-17-8-10(18-6-2-3-6)19-13(15)20-11(8)23/h5-7,9,12,24-25H,2-4H2,1H3,(H3,15,18,19,20)/t7-,9-,12-,14-/m1/s1. The maximum absolute atomic E-state index is 10.5. The SMILES string of the molecule is C[C@@]1(N=[N+]=[N-])[C@H](O)[C@@H](CO)O[C@H]1n1cnc2c(NC3CC3)nc(N)nc21. The van der Waals surface area contributed by atoms with E-state index in [0.717, 1.165) is 12.8 Å². The highest BCUT2D eigenvalue weighted by atomic mass is 16.5. The molecule has 2 aromatic rings. The first-order valence-electron chi connectivity index (χ1n) is 8.25. The maximum atomic E-state index is 10.5. The molecule has 1 saturated heterocycles. The fourth-order valence-electron chi connectivity index (χ4n) is 3.22. The number of fused-ring (bicyclic) bond motifs is 1. The van der Waals surface area contributed by atoms with Crippen LogP contribution in [0.2, 0.25) is 0 Å². The van der Waals surface area contributed by atoms with Gasteiger partial charge in [0.05, 0.1) is 19.0 Å². The number of nitrogen functional groups attached to an aromatic ring is 1. The number of azide groups is 1. The number of ether oxygens (including phenoxy) is 1. The molecule has 4 rings (SSSR count). The molecule has 12 nitrogen and oxygen atoms in total. The minimum Gasteiger partial charge on any atom is -0.394 e. The molecule has 1 saturated carbocycles. The fourth-order valence-corrected chi connectivity index (χ4v) is 3.22. The van der Waals surface area contributed by atoms with Crippen LogP contribution in [0.25, 0.3) is 21.6 Å². The summed E-state index contributed by atoms with van der Waals surface area (Å²) in [6.45, 7) is 1.13. The van der Waals surface area contributed by atoms with E-state index in [1.54, 1.807) is 11.5 Å². The van der Waals surface area contributed by atoms with Gasteiger partial charge >= 0.3 is 0 Å². The predicted octanol–water partition coefficient (Wildman–Crippen LogP) is 0.302. The molecule has 1 aliphatic carbocycles. The minimum absolute atomic E-state index is 0.0603. The number of hydrogen-bond donors (Lipinski definition) is 4. The molecule has 0 radical (unpaired) electrons. The second-order valence-electron chi connectivity index (χ2n) is 6.74. The van der Waals surface area contributed by atoms with Crippen LogP contribution in [0, 0.1) is 0 Å². The molecule has 26 heavy (non-hydrogen) atoms. The zero-order valence-electron chi connectivity index (χ0n) is 14.0. The number of hydrogen-bond acceptors (Lipinski definition) is 9.